The Hall–Kier alpha value is -1.91. The molecule has 3 aliphatic rings. The molecular weight excluding hydrogens is 334 g/mol. The van der Waals surface area contributed by atoms with Gasteiger partial charge in [0.05, 0.1) is 12.6 Å². The van der Waals surface area contributed by atoms with E-state index in [1.165, 1.54) is 12.0 Å². The van der Waals surface area contributed by atoms with Crippen LogP contribution >= 0.6 is 0 Å². The summed E-state index contributed by atoms with van der Waals surface area (Å²) in [5, 5.41) is 1.12. The summed E-state index contributed by atoms with van der Waals surface area (Å²) in [4.78, 5) is 7.46. The summed E-state index contributed by atoms with van der Waals surface area (Å²) in [6.07, 6.45) is 4.56. The average Bonchev–Trinajstić information content (AvgIpc) is 2.71. The number of nitrogens with two attached hydrogens (primary N) is 1. The fourth-order valence-electron chi connectivity index (χ4n) is 4.91. The first-order chi connectivity index (χ1) is 13.0. The quantitative estimate of drug-likeness (QED) is 0.804. The highest BCUT2D eigenvalue weighted by Gasteiger charge is 2.41. The van der Waals surface area contributed by atoms with E-state index in [2.05, 4.69) is 49.6 Å². The molecule has 1 aromatic heterocycles. The van der Waals surface area contributed by atoms with E-state index in [4.69, 9.17) is 15.5 Å². The summed E-state index contributed by atoms with van der Waals surface area (Å²) >= 11 is 0. The van der Waals surface area contributed by atoms with Crippen molar-refractivity contribution in [2.45, 2.75) is 44.7 Å². The van der Waals surface area contributed by atoms with Crippen molar-refractivity contribution in [3.05, 3.63) is 48.2 Å². The minimum atomic E-state index is -0.0197. The smallest absolute Gasteiger partial charge is 0.119 e. The molecule has 4 nitrogen and oxygen atoms in total. The molecule has 2 N–H and O–H groups in total. The standard InChI is InChI=1S/C23H31N3O/c1-5-15-13-26-9-8-16(15)10-22(26)23(24)19-12-21(14(2)3)25-20-7-6-17(27-4)11-18(19)20/h5-7,11-12,14-16,22-23H,1,8-10,13,24H2,2-4H3/t15-,16-,22-,23-/m0/s1. The molecule has 4 heteroatoms. The van der Waals surface area contributed by atoms with Crippen molar-refractivity contribution in [2.75, 3.05) is 20.2 Å². The van der Waals surface area contributed by atoms with Crippen molar-refractivity contribution in [3.8, 4) is 5.75 Å². The summed E-state index contributed by atoms with van der Waals surface area (Å²) < 4.78 is 5.47. The highest BCUT2D eigenvalue weighted by atomic mass is 16.5. The molecular formula is C23H31N3O. The summed E-state index contributed by atoms with van der Waals surface area (Å²) in [7, 11) is 1.71. The summed E-state index contributed by atoms with van der Waals surface area (Å²) in [6.45, 7) is 10.7. The maximum absolute atomic E-state index is 6.93. The monoisotopic (exact) mass is 365 g/mol. The minimum absolute atomic E-state index is 0.0197. The number of ether oxygens (including phenoxy) is 1. The predicted molar refractivity (Wildman–Crippen MR) is 111 cm³/mol. The Morgan fingerprint density at radius 2 is 2.15 bits per heavy atom. The van der Waals surface area contributed by atoms with Crippen LogP contribution in [0.3, 0.4) is 0 Å². The number of piperidine rings is 3. The lowest BCUT2D eigenvalue weighted by atomic mass is 9.73. The first kappa shape index (κ1) is 18.5. The number of hydrogen-bond donors (Lipinski definition) is 1. The molecule has 3 fully saturated rings. The molecule has 0 saturated carbocycles. The molecule has 3 saturated heterocycles. The van der Waals surface area contributed by atoms with Crippen LogP contribution in [0.2, 0.25) is 0 Å². The Morgan fingerprint density at radius 3 is 2.78 bits per heavy atom. The molecule has 3 aliphatic heterocycles. The number of fused-ring (bicyclic) bond motifs is 4. The molecule has 5 atom stereocenters. The van der Waals surface area contributed by atoms with E-state index in [1.54, 1.807) is 7.11 Å². The molecule has 5 rings (SSSR count). The van der Waals surface area contributed by atoms with Crippen LogP contribution in [-0.4, -0.2) is 36.1 Å². The number of methoxy groups -OCH3 is 1. The molecule has 0 radical (unpaired) electrons. The van der Waals surface area contributed by atoms with Crippen molar-refractivity contribution >= 4 is 10.9 Å². The molecule has 2 bridgehead atoms. The van der Waals surface area contributed by atoms with E-state index >= 15 is 0 Å². The van der Waals surface area contributed by atoms with Gasteiger partial charge in [-0.1, -0.05) is 19.9 Å². The molecule has 0 amide bonds. The molecule has 1 unspecified atom stereocenters. The van der Waals surface area contributed by atoms with Crippen molar-refractivity contribution in [1.29, 1.82) is 0 Å². The Bertz CT molecular complexity index is 847. The lowest BCUT2D eigenvalue weighted by Crippen LogP contribution is -2.56. The number of hydrogen-bond acceptors (Lipinski definition) is 4. The van der Waals surface area contributed by atoms with Gasteiger partial charge in [0.1, 0.15) is 5.75 Å². The fraction of sp³-hybridized carbons (Fsp3) is 0.522. The Balaban J connectivity index is 1.76. The van der Waals surface area contributed by atoms with Crippen molar-refractivity contribution in [2.24, 2.45) is 17.6 Å². The van der Waals surface area contributed by atoms with Gasteiger partial charge in [-0.05, 0) is 67.0 Å². The zero-order valence-corrected chi connectivity index (χ0v) is 16.7. The van der Waals surface area contributed by atoms with Gasteiger partial charge in [-0.15, -0.1) is 6.58 Å². The lowest BCUT2D eigenvalue weighted by Gasteiger charge is -2.51. The highest BCUT2D eigenvalue weighted by Crippen LogP contribution is 2.42. The number of nitrogens with zero attached hydrogens (tertiary/aromatic N) is 2. The van der Waals surface area contributed by atoms with Crippen LogP contribution in [-0.2, 0) is 0 Å². The highest BCUT2D eigenvalue weighted by molar-refractivity contribution is 5.84. The Morgan fingerprint density at radius 1 is 1.33 bits per heavy atom. The number of benzene rings is 1. The lowest BCUT2D eigenvalue weighted by molar-refractivity contribution is 0.00748. The Kier molecular flexibility index (Phi) is 4.95. The van der Waals surface area contributed by atoms with E-state index < -0.39 is 0 Å². The molecule has 27 heavy (non-hydrogen) atoms. The van der Waals surface area contributed by atoms with Crippen LogP contribution in [0.25, 0.3) is 10.9 Å². The van der Waals surface area contributed by atoms with Crippen LogP contribution in [0.15, 0.2) is 36.9 Å². The van der Waals surface area contributed by atoms with Crippen LogP contribution in [0, 0.1) is 11.8 Å². The van der Waals surface area contributed by atoms with Gasteiger partial charge in [-0.25, -0.2) is 0 Å². The second-order valence-corrected chi connectivity index (χ2v) is 8.45. The maximum atomic E-state index is 6.93. The summed E-state index contributed by atoms with van der Waals surface area (Å²) in [5.74, 6) is 2.56. The maximum Gasteiger partial charge on any atom is 0.119 e. The Labute approximate surface area is 162 Å². The molecule has 2 aromatic rings. The van der Waals surface area contributed by atoms with Gasteiger partial charge in [0, 0.05) is 29.7 Å². The van der Waals surface area contributed by atoms with Crippen molar-refractivity contribution < 1.29 is 4.74 Å². The van der Waals surface area contributed by atoms with Gasteiger partial charge in [0.2, 0.25) is 0 Å². The third-order valence-electron chi connectivity index (χ3n) is 6.59. The fourth-order valence-corrected chi connectivity index (χ4v) is 4.91. The van der Waals surface area contributed by atoms with Crippen molar-refractivity contribution in [3.63, 3.8) is 0 Å². The number of rotatable bonds is 5. The molecule has 0 aliphatic carbocycles. The van der Waals surface area contributed by atoms with Gasteiger partial charge in [-0.3, -0.25) is 9.88 Å². The largest absolute Gasteiger partial charge is 0.497 e. The number of pyridine rings is 1. The molecule has 1 aromatic carbocycles. The second kappa shape index (κ2) is 7.25. The summed E-state index contributed by atoms with van der Waals surface area (Å²) in [5.41, 5.74) is 10.3. The second-order valence-electron chi connectivity index (χ2n) is 8.45. The average molecular weight is 366 g/mol. The van der Waals surface area contributed by atoms with Gasteiger partial charge >= 0.3 is 0 Å². The summed E-state index contributed by atoms with van der Waals surface area (Å²) in [6, 6.07) is 8.72. The van der Waals surface area contributed by atoms with Crippen molar-refractivity contribution in [1.82, 2.24) is 9.88 Å². The van der Waals surface area contributed by atoms with Crippen LogP contribution in [0.1, 0.15) is 49.9 Å². The topological polar surface area (TPSA) is 51.4 Å². The van der Waals surface area contributed by atoms with Gasteiger partial charge in [-0.2, -0.15) is 0 Å². The first-order valence-electron chi connectivity index (χ1n) is 10.1. The van der Waals surface area contributed by atoms with Gasteiger partial charge in [0.15, 0.2) is 0 Å². The van der Waals surface area contributed by atoms with E-state index in [-0.39, 0.29) is 6.04 Å². The third-order valence-corrected chi connectivity index (χ3v) is 6.59. The van der Waals surface area contributed by atoms with Crippen LogP contribution in [0.4, 0.5) is 0 Å². The van der Waals surface area contributed by atoms with E-state index in [9.17, 15) is 0 Å². The van der Waals surface area contributed by atoms with Gasteiger partial charge < -0.3 is 10.5 Å². The van der Waals surface area contributed by atoms with E-state index in [0.29, 0.717) is 17.9 Å². The number of aromatic nitrogens is 1. The van der Waals surface area contributed by atoms with Gasteiger partial charge in [0.25, 0.3) is 0 Å². The first-order valence-corrected chi connectivity index (χ1v) is 10.1. The van der Waals surface area contributed by atoms with E-state index in [1.807, 2.05) is 6.07 Å². The molecule has 144 valence electrons. The molecule has 0 spiro atoms. The zero-order chi connectivity index (χ0) is 19.1. The SMILES string of the molecule is C=C[C@H]1CN2CC[C@H]1C[C@H]2[C@@H](N)c1cc(C(C)C)nc2ccc(OC)cc12. The van der Waals surface area contributed by atoms with Crippen LogP contribution in [0.5, 0.6) is 5.75 Å². The van der Waals surface area contributed by atoms with E-state index in [0.717, 1.165) is 47.8 Å². The van der Waals surface area contributed by atoms with Crippen LogP contribution < -0.4 is 10.5 Å². The molecule has 4 heterocycles. The predicted octanol–water partition coefficient (Wildman–Crippen LogP) is 4.26. The zero-order valence-electron chi connectivity index (χ0n) is 16.7. The normalized spacial score (nSPS) is 28.5. The third kappa shape index (κ3) is 3.26. The minimum Gasteiger partial charge on any atom is -0.497 e.